The number of nitrogens with one attached hydrogen (secondary N) is 1. The first kappa shape index (κ1) is 19.2. The summed E-state index contributed by atoms with van der Waals surface area (Å²) in [5.74, 6) is -0.142. The number of carbonyl (C=O) groups excluding carboxylic acids is 1. The molecule has 0 saturated carbocycles. The van der Waals surface area contributed by atoms with Crippen molar-refractivity contribution in [1.29, 1.82) is 0 Å². The normalized spacial score (nSPS) is 11.3. The molecule has 1 amide bonds. The zero-order valence-corrected chi connectivity index (χ0v) is 13.4. The first-order valence-electron chi connectivity index (χ1n) is 7.39. The summed E-state index contributed by atoms with van der Waals surface area (Å²) < 4.78 is 0. The van der Waals surface area contributed by atoms with Crippen LogP contribution in [0.15, 0.2) is 30.3 Å². The molecule has 1 rings (SSSR count). The lowest BCUT2D eigenvalue weighted by molar-refractivity contribution is -0.137. The van der Waals surface area contributed by atoms with Crippen LogP contribution >= 0.6 is 0 Å². The van der Waals surface area contributed by atoms with Gasteiger partial charge in [0.2, 0.25) is 5.91 Å². The van der Waals surface area contributed by atoms with E-state index in [0.717, 1.165) is 11.5 Å². The van der Waals surface area contributed by atoms with Gasteiger partial charge in [0, 0.05) is 12.8 Å². The van der Waals surface area contributed by atoms with E-state index in [1.54, 1.807) is 0 Å². The molecule has 0 saturated heterocycles. The average Bonchev–Trinajstić information content (AvgIpc) is 2.38. The summed E-state index contributed by atoms with van der Waals surface area (Å²) in [7, 11) is 0. The molecule has 118 valence electrons. The highest BCUT2D eigenvalue weighted by Gasteiger charge is 2.09. The molecular weight excluding hydrogens is 266 g/mol. The predicted molar refractivity (Wildman–Crippen MR) is 85.0 cm³/mol. The van der Waals surface area contributed by atoms with Gasteiger partial charge in [-0.15, -0.1) is 0 Å². The summed E-state index contributed by atoms with van der Waals surface area (Å²) in [6.07, 6.45) is 0.666. The van der Waals surface area contributed by atoms with Crippen molar-refractivity contribution in [2.45, 2.75) is 53.0 Å². The molecule has 0 heterocycles. The number of rotatable bonds is 6. The maximum absolute atomic E-state index is 11.5. The highest BCUT2D eigenvalue weighted by atomic mass is 16.4. The Labute approximate surface area is 127 Å². The number of hydrogen-bond donors (Lipinski definition) is 2. The number of carboxylic acid groups (broad SMARTS) is 1. The second kappa shape index (κ2) is 10.9. The largest absolute Gasteiger partial charge is 0.481 e. The Balaban J connectivity index is 0.000000885. The smallest absolute Gasteiger partial charge is 0.303 e. The van der Waals surface area contributed by atoms with E-state index in [-0.39, 0.29) is 24.8 Å². The quantitative estimate of drug-likeness (QED) is 0.838. The van der Waals surface area contributed by atoms with E-state index in [1.165, 1.54) is 0 Å². The van der Waals surface area contributed by atoms with E-state index < -0.39 is 5.97 Å². The van der Waals surface area contributed by atoms with Crippen molar-refractivity contribution in [3.63, 3.8) is 0 Å². The summed E-state index contributed by atoms with van der Waals surface area (Å²) in [4.78, 5) is 21.8. The Morgan fingerprint density at radius 2 is 1.57 bits per heavy atom. The Morgan fingerprint density at radius 3 is 2.05 bits per heavy atom. The molecule has 1 atom stereocenters. The molecule has 4 heteroatoms. The second-order valence-electron chi connectivity index (χ2n) is 5.68. The van der Waals surface area contributed by atoms with Crippen LogP contribution in [-0.4, -0.2) is 17.0 Å². The van der Waals surface area contributed by atoms with Gasteiger partial charge in [-0.3, -0.25) is 9.59 Å². The van der Waals surface area contributed by atoms with Crippen LogP contribution < -0.4 is 5.32 Å². The molecule has 1 aromatic rings. The fourth-order valence-corrected chi connectivity index (χ4v) is 1.54. The zero-order valence-electron chi connectivity index (χ0n) is 13.4. The standard InChI is InChI=1S/C13H17NO3.C4H10/c1-10(11-6-3-2-4-7-11)14-12(15)8-5-9-13(16)17;1-4(2)3/h2-4,6-7,10H,5,8-9H2,1H3,(H,14,15)(H,16,17);4H,1-3H3. The lowest BCUT2D eigenvalue weighted by Crippen LogP contribution is -2.26. The number of benzene rings is 1. The zero-order chi connectivity index (χ0) is 16.3. The highest BCUT2D eigenvalue weighted by molar-refractivity contribution is 5.77. The van der Waals surface area contributed by atoms with Crippen molar-refractivity contribution in [2.24, 2.45) is 5.92 Å². The van der Waals surface area contributed by atoms with E-state index in [9.17, 15) is 9.59 Å². The van der Waals surface area contributed by atoms with E-state index >= 15 is 0 Å². The molecule has 0 fully saturated rings. The molecule has 1 aromatic carbocycles. The topological polar surface area (TPSA) is 66.4 Å². The molecular formula is C17H27NO3. The molecule has 0 aliphatic carbocycles. The summed E-state index contributed by atoms with van der Waals surface area (Å²) in [6, 6.07) is 9.61. The Morgan fingerprint density at radius 1 is 1.05 bits per heavy atom. The van der Waals surface area contributed by atoms with Crippen molar-refractivity contribution >= 4 is 11.9 Å². The van der Waals surface area contributed by atoms with Gasteiger partial charge < -0.3 is 10.4 Å². The van der Waals surface area contributed by atoms with Gasteiger partial charge in [-0.05, 0) is 24.8 Å². The van der Waals surface area contributed by atoms with Crippen LogP contribution in [0.2, 0.25) is 0 Å². The minimum atomic E-state index is -0.867. The van der Waals surface area contributed by atoms with Crippen LogP contribution in [0, 0.1) is 5.92 Å². The maximum Gasteiger partial charge on any atom is 0.303 e. The number of hydrogen-bond acceptors (Lipinski definition) is 2. The fourth-order valence-electron chi connectivity index (χ4n) is 1.54. The van der Waals surface area contributed by atoms with Crippen LogP contribution in [-0.2, 0) is 9.59 Å². The number of amides is 1. The first-order valence-corrected chi connectivity index (χ1v) is 7.39. The van der Waals surface area contributed by atoms with Gasteiger partial charge in [-0.1, -0.05) is 51.1 Å². The number of carbonyl (C=O) groups is 2. The van der Waals surface area contributed by atoms with Gasteiger partial charge in [-0.2, -0.15) is 0 Å². The summed E-state index contributed by atoms with van der Waals surface area (Å²) in [6.45, 7) is 8.41. The van der Waals surface area contributed by atoms with E-state index in [2.05, 4.69) is 26.1 Å². The van der Waals surface area contributed by atoms with E-state index in [4.69, 9.17) is 5.11 Å². The number of carboxylic acids is 1. The van der Waals surface area contributed by atoms with Crippen molar-refractivity contribution in [3.8, 4) is 0 Å². The molecule has 0 aliphatic heterocycles. The molecule has 0 spiro atoms. The third kappa shape index (κ3) is 11.7. The van der Waals surface area contributed by atoms with Crippen molar-refractivity contribution < 1.29 is 14.7 Å². The molecule has 0 aromatic heterocycles. The lowest BCUT2D eigenvalue weighted by atomic mass is 10.1. The first-order chi connectivity index (χ1) is 9.82. The Bertz CT molecular complexity index is 413. The van der Waals surface area contributed by atoms with Crippen molar-refractivity contribution in [1.82, 2.24) is 5.32 Å². The minimum absolute atomic E-state index is 0.0349. The number of aliphatic carboxylic acids is 1. The third-order valence-electron chi connectivity index (χ3n) is 2.47. The average molecular weight is 293 g/mol. The van der Waals surface area contributed by atoms with Crippen molar-refractivity contribution in [3.05, 3.63) is 35.9 Å². The van der Waals surface area contributed by atoms with E-state index in [0.29, 0.717) is 6.42 Å². The Kier molecular flexibility index (Phi) is 9.94. The Hall–Kier alpha value is -1.84. The van der Waals surface area contributed by atoms with Gasteiger partial charge >= 0.3 is 5.97 Å². The van der Waals surface area contributed by atoms with Crippen LogP contribution in [0.3, 0.4) is 0 Å². The predicted octanol–water partition coefficient (Wildman–Crippen LogP) is 3.78. The maximum atomic E-state index is 11.5. The van der Waals surface area contributed by atoms with Crippen LogP contribution in [0.25, 0.3) is 0 Å². The van der Waals surface area contributed by atoms with Crippen LogP contribution in [0.1, 0.15) is 58.6 Å². The molecule has 0 radical (unpaired) electrons. The SMILES string of the molecule is CC(C)C.CC(NC(=O)CCCC(=O)O)c1ccccc1. The van der Waals surface area contributed by atoms with Gasteiger partial charge in [-0.25, -0.2) is 0 Å². The lowest BCUT2D eigenvalue weighted by Gasteiger charge is -2.13. The molecule has 0 aliphatic rings. The van der Waals surface area contributed by atoms with Gasteiger partial charge in [0.25, 0.3) is 0 Å². The summed E-state index contributed by atoms with van der Waals surface area (Å²) in [5, 5.41) is 11.3. The van der Waals surface area contributed by atoms with Crippen LogP contribution in [0.5, 0.6) is 0 Å². The molecule has 0 bridgehead atoms. The fraction of sp³-hybridized carbons (Fsp3) is 0.529. The van der Waals surface area contributed by atoms with Gasteiger partial charge in [0.1, 0.15) is 0 Å². The van der Waals surface area contributed by atoms with Crippen LogP contribution in [0.4, 0.5) is 0 Å². The monoisotopic (exact) mass is 293 g/mol. The highest BCUT2D eigenvalue weighted by Crippen LogP contribution is 2.11. The second-order valence-corrected chi connectivity index (χ2v) is 5.68. The minimum Gasteiger partial charge on any atom is -0.481 e. The van der Waals surface area contributed by atoms with E-state index in [1.807, 2.05) is 37.3 Å². The van der Waals surface area contributed by atoms with Crippen molar-refractivity contribution in [2.75, 3.05) is 0 Å². The molecule has 21 heavy (non-hydrogen) atoms. The molecule has 4 nitrogen and oxygen atoms in total. The summed E-state index contributed by atoms with van der Waals surface area (Å²) >= 11 is 0. The third-order valence-corrected chi connectivity index (χ3v) is 2.47. The molecule has 1 unspecified atom stereocenters. The van der Waals surface area contributed by atoms with Gasteiger partial charge in [0.15, 0.2) is 0 Å². The van der Waals surface area contributed by atoms with Gasteiger partial charge in [0.05, 0.1) is 6.04 Å². The molecule has 2 N–H and O–H groups in total. The summed E-state index contributed by atoms with van der Waals surface area (Å²) in [5.41, 5.74) is 1.04.